The Balaban J connectivity index is 2.08. The van der Waals surface area contributed by atoms with E-state index >= 15 is 0 Å². The van der Waals surface area contributed by atoms with Crippen molar-refractivity contribution in [3.05, 3.63) is 93.4 Å². The van der Waals surface area contributed by atoms with Crippen molar-refractivity contribution < 1.29 is 18.0 Å². The van der Waals surface area contributed by atoms with Crippen LogP contribution in [0.2, 0.25) is 15.1 Å². The Bertz CT molecular complexity index is 1380. The van der Waals surface area contributed by atoms with E-state index in [1.54, 1.807) is 61.5 Å². The molecule has 11 heteroatoms. The third kappa shape index (κ3) is 7.66. The number of benzene rings is 3. The van der Waals surface area contributed by atoms with Crippen LogP contribution in [0, 0.1) is 0 Å². The van der Waals surface area contributed by atoms with Crippen LogP contribution in [0.15, 0.2) is 77.7 Å². The number of nitrogens with zero attached hydrogens (tertiary/aromatic N) is 2. The van der Waals surface area contributed by atoms with Gasteiger partial charge in [0.1, 0.15) is 12.6 Å². The highest BCUT2D eigenvalue weighted by molar-refractivity contribution is 7.92. The highest BCUT2D eigenvalue weighted by Crippen LogP contribution is 2.29. The van der Waals surface area contributed by atoms with Crippen LogP contribution in [0.4, 0.5) is 5.69 Å². The smallest absolute Gasteiger partial charge is 0.264 e. The molecular formula is C28H30Cl3N3O4S. The molecule has 0 radical (unpaired) electrons. The van der Waals surface area contributed by atoms with Crippen LogP contribution in [0.5, 0.6) is 0 Å². The molecule has 0 aliphatic heterocycles. The summed E-state index contributed by atoms with van der Waals surface area (Å²) in [5.41, 5.74) is 0.662. The monoisotopic (exact) mass is 609 g/mol. The fourth-order valence-electron chi connectivity index (χ4n) is 4.02. The zero-order valence-corrected chi connectivity index (χ0v) is 24.7. The van der Waals surface area contributed by atoms with Gasteiger partial charge in [0.15, 0.2) is 0 Å². The second-order valence-electron chi connectivity index (χ2n) is 8.74. The van der Waals surface area contributed by atoms with Gasteiger partial charge in [0.2, 0.25) is 11.8 Å². The molecule has 0 bridgehead atoms. The lowest BCUT2D eigenvalue weighted by molar-refractivity contribution is -0.140. The average molecular weight is 611 g/mol. The lowest BCUT2D eigenvalue weighted by atomic mass is 10.1. The Hall–Kier alpha value is -2.78. The minimum Gasteiger partial charge on any atom is -0.354 e. The van der Waals surface area contributed by atoms with Gasteiger partial charge in [0.25, 0.3) is 10.0 Å². The molecule has 0 aliphatic rings. The molecule has 0 heterocycles. The molecular weight excluding hydrogens is 581 g/mol. The van der Waals surface area contributed by atoms with Crippen LogP contribution in [0.3, 0.4) is 0 Å². The summed E-state index contributed by atoms with van der Waals surface area (Å²) in [4.78, 5) is 28.5. The van der Waals surface area contributed by atoms with Crippen LogP contribution < -0.4 is 9.62 Å². The fraction of sp³-hybridized carbons (Fsp3) is 0.286. The van der Waals surface area contributed by atoms with Gasteiger partial charge in [0.05, 0.1) is 10.6 Å². The third-order valence-corrected chi connectivity index (χ3v) is 8.76. The summed E-state index contributed by atoms with van der Waals surface area (Å²) in [6, 6.07) is 18.1. The summed E-state index contributed by atoms with van der Waals surface area (Å²) in [7, 11) is -4.18. The van der Waals surface area contributed by atoms with Crippen molar-refractivity contribution >= 4 is 62.3 Å². The molecule has 3 rings (SSSR count). The second kappa shape index (κ2) is 14.0. The van der Waals surface area contributed by atoms with Crippen LogP contribution >= 0.6 is 34.8 Å². The minimum atomic E-state index is -4.18. The molecule has 0 saturated carbocycles. The molecule has 0 unspecified atom stereocenters. The summed E-state index contributed by atoms with van der Waals surface area (Å²) in [5, 5.41) is 3.79. The maximum atomic E-state index is 14.0. The van der Waals surface area contributed by atoms with E-state index < -0.39 is 28.5 Å². The number of halogens is 3. The summed E-state index contributed by atoms with van der Waals surface area (Å²) in [6.45, 7) is 3.45. The van der Waals surface area contributed by atoms with Gasteiger partial charge in [-0.1, -0.05) is 79.0 Å². The number of nitrogens with one attached hydrogen (secondary N) is 1. The van der Waals surface area contributed by atoms with Gasteiger partial charge in [-0.05, 0) is 55.3 Å². The predicted molar refractivity (Wildman–Crippen MR) is 157 cm³/mol. The van der Waals surface area contributed by atoms with Crippen molar-refractivity contribution in [3.8, 4) is 0 Å². The predicted octanol–water partition coefficient (Wildman–Crippen LogP) is 6.18. The summed E-state index contributed by atoms with van der Waals surface area (Å²) >= 11 is 19.0. The van der Waals surface area contributed by atoms with Crippen molar-refractivity contribution in [1.82, 2.24) is 10.2 Å². The van der Waals surface area contributed by atoms with Gasteiger partial charge in [-0.2, -0.15) is 0 Å². The Morgan fingerprint density at radius 2 is 1.54 bits per heavy atom. The molecule has 3 aromatic rings. The Morgan fingerprint density at radius 3 is 2.13 bits per heavy atom. The lowest BCUT2D eigenvalue weighted by Gasteiger charge is -2.33. The molecule has 1 atom stereocenters. The second-order valence-corrected chi connectivity index (χ2v) is 11.9. The number of hydrogen-bond donors (Lipinski definition) is 1. The summed E-state index contributed by atoms with van der Waals surface area (Å²) in [5.74, 6) is -0.958. The maximum Gasteiger partial charge on any atom is 0.264 e. The van der Waals surface area contributed by atoms with E-state index in [4.69, 9.17) is 34.8 Å². The maximum absolute atomic E-state index is 14.0. The molecule has 0 aromatic heterocycles. The zero-order valence-electron chi connectivity index (χ0n) is 21.6. The number of hydrogen-bond acceptors (Lipinski definition) is 4. The fourth-order valence-corrected chi connectivity index (χ4v) is 6.15. The standard InChI is InChI=1S/C28H30Cl3N3O4S/c1-3-16-32-28(36)26(4-2)33(18-23-24(30)14-9-15-25(23)31)27(35)19-34(21-11-8-10-20(29)17-21)39(37,38)22-12-6-5-7-13-22/h5-15,17,26H,3-4,16,18-19H2,1-2H3,(H,32,36)/t26-/m0/s1. The van der Waals surface area contributed by atoms with Gasteiger partial charge in [-0.3, -0.25) is 13.9 Å². The number of carbonyl (C=O) groups excluding carboxylic acids is 2. The van der Waals surface area contributed by atoms with E-state index in [9.17, 15) is 18.0 Å². The van der Waals surface area contributed by atoms with E-state index in [1.807, 2.05) is 6.92 Å². The normalized spacial score (nSPS) is 12.0. The van der Waals surface area contributed by atoms with Gasteiger partial charge in [0, 0.05) is 33.7 Å². The van der Waals surface area contributed by atoms with E-state index in [2.05, 4.69) is 5.32 Å². The van der Waals surface area contributed by atoms with Crippen molar-refractivity contribution in [2.45, 2.75) is 44.2 Å². The first-order valence-corrected chi connectivity index (χ1v) is 15.0. The third-order valence-electron chi connectivity index (χ3n) is 6.03. The number of amides is 2. The molecule has 7 nitrogen and oxygen atoms in total. The number of anilines is 1. The number of sulfonamides is 1. The van der Waals surface area contributed by atoms with Crippen molar-refractivity contribution in [1.29, 1.82) is 0 Å². The molecule has 0 saturated heterocycles. The van der Waals surface area contributed by atoms with Crippen molar-refractivity contribution in [2.24, 2.45) is 0 Å². The molecule has 208 valence electrons. The Kier molecular flexibility index (Phi) is 11.1. The highest BCUT2D eigenvalue weighted by Gasteiger charge is 2.34. The molecule has 0 spiro atoms. The van der Waals surface area contributed by atoms with E-state index in [0.29, 0.717) is 33.6 Å². The summed E-state index contributed by atoms with van der Waals surface area (Å²) in [6.07, 6.45) is 0.996. The molecule has 1 N–H and O–H groups in total. The zero-order chi connectivity index (χ0) is 28.6. The van der Waals surface area contributed by atoms with Gasteiger partial charge >= 0.3 is 0 Å². The van der Waals surface area contributed by atoms with E-state index in [-0.39, 0.29) is 29.5 Å². The number of rotatable bonds is 12. The molecule has 0 fully saturated rings. The quantitative estimate of drug-likeness (QED) is 0.266. The number of carbonyl (C=O) groups is 2. The highest BCUT2D eigenvalue weighted by atomic mass is 35.5. The SMILES string of the molecule is CCCNC(=O)[C@H](CC)N(Cc1c(Cl)cccc1Cl)C(=O)CN(c1cccc(Cl)c1)S(=O)(=O)c1ccccc1. The van der Waals surface area contributed by atoms with Gasteiger partial charge in [-0.15, -0.1) is 0 Å². The van der Waals surface area contributed by atoms with Gasteiger partial charge in [-0.25, -0.2) is 8.42 Å². The minimum absolute atomic E-state index is 0.00574. The topological polar surface area (TPSA) is 86.8 Å². The molecule has 0 aliphatic carbocycles. The van der Waals surface area contributed by atoms with Crippen LogP contribution in [0.1, 0.15) is 32.3 Å². The Morgan fingerprint density at radius 1 is 0.897 bits per heavy atom. The van der Waals surface area contributed by atoms with Crippen molar-refractivity contribution in [2.75, 3.05) is 17.4 Å². The Labute approximate surface area is 244 Å². The van der Waals surface area contributed by atoms with Crippen LogP contribution in [0.25, 0.3) is 0 Å². The lowest BCUT2D eigenvalue weighted by Crippen LogP contribution is -2.52. The van der Waals surface area contributed by atoms with Gasteiger partial charge < -0.3 is 10.2 Å². The first-order chi connectivity index (χ1) is 18.6. The average Bonchev–Trinajstić information content (AvgIpc) is 2.92. The molecule has 3 aromatic carbocycles. The summed E-state index contributed by atoms with van der Waals surface area (Å²) < 4.78 is 28.5. The molecule has 39 heavy (non-hydrogen) atoms. The first-order valence-electron chi connectivity index (χ1n) is 12.4. The van der Waals surface area contributed by atoms with E-state index in [1.165, 1.54) is 23.1 Å². The molecule has 2 amide bonds. The van der Waals surface area contributed by atoms with E-state index in [0.717, 1.165) is 4.31 Å². The van der Waals surface area contributed by atoms with Crippen LogP contribution in [-0.4, -0.2) is 44.3 Å². The first kappa shape index (κ1) is 30.8. The van der Waals surface area contributed by atoms with Crippen LogP contribution in [-0.2, 0) is 26.2 Å². The van der Waals surface area contributed by atoms with Crippen molar-refractivity contribution in [3.63, 3.8) is 0 Å². The largest absolute Gasteiger partial charge is 0.354 e.